The van der Waals surface area contributed by atoms with E-state index in [0.717, 1.165) is 11.3 Å². The Kier molecular flexibility index (Phi) is 4.64. The van der Waals surface area contributed by atoms with Crippen LogP contribution in [0.4, 0.5) is 0 Å². The molecule has 3 rings (SSSR count). The van der Waals surface area contributed by atoms with Gasteiger partial charge in [-0.25, -0.2) is 13.1 Å². The van der Waals surface area contributed by atoms with Crippen molar-refractivity contribution in [3.05, 3.63) is 48.0 Å². The summed E-state index contributed by atoms with van der Waals surface area (Å²) in [6.45, 7) is 0.718. The van der Waals surface area contributed by atoms with Crippen LogP contribution in [0.5, 0.6) is 17.2 Å². The molecule has 0 aliphatic carbocycles. The van der Waals surface area contributed by atoms with Gasteiger partial charge in [-0.15, -0.1) is 0 Å². The molecule has 1 aliphatic rings. The molecule has 6 nitrogen and oxygen atoms in total. The van der Waals surface area contributed by atoms with Gasteiger partial charge in [-0.05, 0) is 18.2 Å². The first-order chi connectivity index (χ1) is 11.5. The van der Waals surface area contributed by atoms with E-state index in [1.54, 1.807) is 12.1 Å². The molecular formula is C17H19NO5S. The molecule has 1 unspecified atom stereocenters. The molecule has 7 heteroatoms. The lowest BCUT2D eigenvalue weighted by molar-refractivity contribution is 0.330. The SMILES string of the molecule is COc1ccc(S(=O)(=O)NCC2COc3ccccc32)c(OC)c1. The van der Waals surface area contributed by atoms with Crippen LogP contribution < -0.4 is 18.9 Å². The summed E-state index contributed by atoms with van der Waals surface area (Å²) in [5, 5.41) is 0. The molecule has 1 heterocycles. The number of hydrogen-bond donors (Lipinski definition) is 1. The van der Waals surface area contributed by atoms with Gasteiger partial charge in [0.2, 0.25) is 10.0 Å². The van der Waals surface area contributed by atoms with E-state index in [0.29, 0.717) is 12.4 Å². The van der Waals surface area contributed by atoms with Gasteiger partial charge in [0.25, 0.3) is 0 Å². The third-order valence-corrected chi connectivity index (χ3v) is 5.44. The summed E-state index contributed by atoms with van der Waals surface area (Å²) >= 11 is 0. The molecular weight excluding hydrogens is 330 g/mol. The molecule has 0 amide bonds. The Hall–Kier alpha value is -2.25. The van der Waals surface area contributed by atoms with Crippen LogP contribution >= 0.6 is 0 Å². The Bertz CT molecular complexity index is 835. The maximum atomic E-state index is 12.6. The minimum absolute atomic E-state index is 0.0137. The molecule has 24 heavy (non-hydrogen) atoms. The van der Waals surface area contributed by atoms with Crippen molar-refractivity contribution in [1.82, 2.24) is 4.72 Å². The quantitative estimate of drug-likeness (QED) is 0.865. The molecule has 128 valence electrons. The highest BCUT2D eigenvalue weighted by atomic mass is 32.2. The highest BCUT2D eigenvalue weighted by Crippen LogP contribution is 2.33. The first kappa shape index (κ1) is 16.6. The van der Waals surface area contributed by atoms with Crippen molar-refractivity contribution in [2.75, 3.05) is 27.4 Å². The summed E-state index contributed by atoms with van der Waals surface area (Å²) in [7, 11) is -0.766. The minimum atomic E-state index is -3.70. The van der Waals surface area contributed by atoms with Crippen LogP contribution in [0.3, 0.4) is 0 Å². The average molecular weight is 349 g/mol. The first-order valence-electron chi connectivity index (χ1n) is 7.48. The Morgan fingerprint density at radius 2 is 1.96 bits per heavy atom. The van der Waals surface area contributed by atoms with E-state index in [9.17, 15) is 8.42 Å². The molecule has 1 N–H and O–H groups in total. The molecule has 1 aliphatic heterocycles. The lowest BCUT2D eigenvalue weighted by Crippen LogP contribution is -2.29. The van der Waals surface area contributed by atoms with Crippen LogP contribution in [0.15, 0.2) is 47.4 Å². The molecule has 2 aromatic rings. The van der Waals surface area contributed by atoms with Crippen molar-refractivity contribution in [3.8, 4) is 17.2 Å². The van der Waals surface area contributed by atoms with E-state index in [1.165, 1.54) is 20.3 Å². The van der Waals surface area contributed by atoms with Crippen molar-refractivity contribution >= 4 is 10.0 Å². The largest absolute Gasteiger partial charge is 0.497 e. The van der Waals surface area contributed by atoms with Gasteiger partial charge in [-0.3, -0.25) is 0 Å². The predicted octanol–water partition coefficient (Wildman–Crippen LogP) is 2.16. The summed E-state index contributed by atoms with van der Waals surface area (Å²) in [4.78, 5) is 0.0815. The number of hydrogen-bond acceptors (Lipinski definition) is 5. The predicted molar refractivity (Wildman–Crippen MR) is 89.4 cm³/mol. The van der Waals surface area contributed by atoms with Crippen LogP contribution in [-0.2, 0) is 10.0 Å². The molecule has 0 spiro atoms. The van der Waals surface area contributed by atoms with Gasteiger partial charge in [-0.2, -0.15) is 0 Å². The number of methoxy groups -OCH3 is 2. The number of benzene rings is 2. The van der Waals surface area contributed by atoms with E-state index in [2.05, 4.69) is 4.72 Å². The number of ether oxygens (including phenoxy) is 3. The van der Waals surface area contributed by atoms with Crippen LogP contribution in [0.2, 0.25) is 0 Å². The zero-order valence-corrected chi connectivity index (χ0v) is 14.3. The van der Waals surface area contributed by atoms with Crippen molar-refractivity contribution in [1.29, 1.82) is 0 Å². The molecule has 0 bridgehead atoms. The first-order valence-corrected chi connectivity index (χ1v) is 8.97. The number of sulfonamides is 1. The van der Waals surface area contributed by atoms with Gasteiger partial charge in [0.05, 0.1) is 20.8 Å². The molecule has 0 fully saturated rings. The Morgan fingerprint density at radius 1 is 1.17 bits per heavy atom. The fourth-order valence-corrected chi connectivity index (χ4v) is 3.91. The highest BCUT2D eigenvalue weighted by Gasteiger charge is 2.27. The van der Waals surface area contributed by atoms with Gasteiger partial charge in [0.1, 0.15) is 22.1 Å². The smallest absolute Gasteiger partial charge is 0.244 e. The zero-order chi connectivity index (χ0) is 17.2. The third kappa shape index (κ3) is 3.18. The van der Waals surface area contributed by atoms with E-state index in [-0.39, 0.29) is 23.1 Å². The van der Waals surface area contributed by atoms with Gasteiger partial charge >= 0.3 is 0 Å². The summed E-state index contributed by atoms with van der Waals surface area (Å²) in [5.41, 5.74) is 1.02. The van der Waals surface area contributed by atoms with E-state index in [1.807, 2.05) is 24.3 Å². The van der Waals surface area contributed by atoms with Crippen molar-refractivity contribution in [2.24, 2.45) is 0 Å². The zero-order valence-electron chi connectivity index (χ0n) is 13.5. The standard InChI is InChI=1S/C17H19NO5S/c1-21-13-7-8-17(16(9-13)22-2)24(19,20)18-10-12-11-23-15-6-4-3-5-14(12)15/h3-9,12,18H,10-11H2,1-2H3. The molecule has 0 saturated heterocycles. The lowest BCUT2D eigenvalue weighted by atomic mass is 10.0. The second-order valence-electron chi connectivity index (χ2n) is 5.41. The van der Waals surface area contributed by atoms with Crippen LogP contribution in [0.25, 0.3) is 0 Å². The van der Waals surface area contributed by atoms with E-state index >= 15 is 0 Å². The third-order valence-electron chi connectivity index (χ3n) is 3.98. The van der Waals surface area contributed by atoms with Gasteiger partial charge in [-0.1, -0.05) is 18.2 Å². The molecule has 0 saturated carbocycles. The number of rotatable bonds is 6. The second kappa shape index (κ2) is 6.70. The summed E-state index contributed by atoms with van der Waals surface area (Å²) in [6.07, 6.45) is 0. The second-order valence-corrected chi connectivity index (χ2v) is 7.15. The van der Waals surface area contributed by atoms with E-state index < -0.39 is 10.0 Å². The van der Waals surface area contributed by atoms with Crippen LogP contribution in [0, 0.1) is 0 Å². The Labute approximate surface area is 141 Å². The monoisotopic (exact) mass is 349 g/mol. The Balaban J connectivity index is 1.78. The highest BCUT2D eigenvalue weighted by molar-refractivity contribution is 7.89. The van der Waals surface area contributed by atoms with Crippen LogP contribution in [0.1, 0.15) is 11.5 Å². The van der Waals surface area contributed by atoms with Crippen LogP contribution in [-0.4, -0.2) is 35.8 Å². The lowest BCUT2D eigenvalue weighted by Gasteiger charge is -2.14. The molecule has 0 aromatic heterocycles. The maximum Gasteiger partial charge on any atom is 0.244 e. The van der Waals surface area contributed by atoms with Gasteiger partial charge < -0.3 is 14.2 Å². The Morgan fingerprint density at radius 3 is 2.71 bits per heavy atom. The number of nitrogens with one attached hydrogen (secondary N) is 1. The fraction of sp³-hybridized carbons (Fsp3) is 0.294. The molecule has 1 atom stereocenters. The average Bonchev–Trinajstić information content (AvgIpc) is 3.02. The van der Waals surface area contributed by atoms with E-state index in [4.69, 9.17) is 14.2 Å². The molecule has 2 aromatic carbocycles. The normalized spacial score (nSPS) is 16.3. The van der Waals surface area contributed by atoms with Gasteiger partial charge in [0.15, 0.2) is 0 Å². The minimum Gasteiger partial charge on any atom is -0.497 e. The fourth-order valence-electron chi connectivity index (χ4n) is 2.68. The van der Waals surface area contributed by atoms with Crippen molar-refractivity contribution < 1.29 is 22.6 Å². The number of para-hydroxylation sites is 1. The summed E-state index contributed by atoms with van der Waals surface area (Å²) in [6, 6.07) is 12.3. The maximum absolute atomic E-state index is 12.6. The van der Waals surface area contributed by atoms with Gasteiger partial charge in [0, 0.05) is 24.1 Å². The topological polar surface area (TPSA) is 73.9 Å². The van der Waals surface area contributed by atoms with Crippen molar-refractivity contribution in [3.63, 3.8) is 0 Å². The van der Waals surface area contributed by atoms with Crippen molar-refractivity contribution in [2.45, 2.75) is 10.8 Å². The number of fused-ring (bicyclic) bond motifs is 1. The summed E-state index contributed by atoms with van der Waals surface area (Å²) < 4.78 is 43.7. The molecule has 0 radical (unpaired) electrons. The summed E-state index contributed by atoms with van der Waals surface area (Å²) in [5.74, 6) is 1.57.